The Labute approximate surface area is 174 Å². The molecule has 0 bridgehead atoms. The smallest absolute Gasteiger partial charge is 0.293 e. The summed E-state index contributed by atoms with van der Waals surface area (Å²) in [5.41, 5.74) is 1.87. The number of carbonyl (C=O) groups excluding carboxylic acids is 1. The molecule has 158 valence electrons. The first-order chi connectivity index (χ1) is 14.5. The van der Waals surface area contributed by atoms with Crippen molar-refractivity contribution in [3.05, 3.63) is 57.6 Å². The minimum Gasteiger partial charge on any atom is -0.454 e. The minimum absolute atomic E-state index is 0.0204. The number of amides is 1. The molecule has 1 saturated heterocycles. The second-order valence-corrected chi connectivity index (χ2v) is 7.82. The SMILES string of the molecule is CC1CCN(c2ccc(C(=O)NCCc3ccc4c(c3)OCO4)cc2[N+](=O)[O-])CC1. The van der Waals surface area contributed by atoms with Crippen LogP contribution in [-0.4, -0.2) is 37.3 Å². The molecule has 0 saturated carbocycles. The molecule has 0 atom stereocenters. The number of hydrogen-bond donors (Lipinski definition) is 1. The predicted octanol–water partition coefficient (Wildman–Crippen LogP) is 3.53. The van der Waals surface area contributed by atoms with Crippen molar-refractivity contribution in [2.45, 2.75) is 26.2 Å². The molecular formula is C22H25N3O5. The largest absolute Gasteiger partial charge is 0.454 e. The maximum Gasteiger partial charge on any atom is 0.293 e. The van der Waals surface area contributed by atoms with Crippen LogP contribution in [0, 0.1) is 16.0 Å². The highest BCUT2D eigenvalue weighted by atomic mass is 16.7. The van der Waals surface area contributed by atoms with E-state index in [0.717, 1.165) is 37.2 Å². The van der Waals surface area contributed by atoms with Crippen LogP contribution in [0.15, 0.2) is 36.4 Å². The van der Waals surface area contributed by atoms with E-state index >= 15 is 0 Å². The Kier molecular flexibility index (Phi) is 5.74. The number of piperidine rings is 1. The van der Waals surface area contributed by atoms with E-state index in [4.69, 9.17) is 9.47 Å². The highest BCUT2D eigenvalue weighted by Crippen LogP contribution is 2.33. The van der Waals surface area contributed by atoms with Crippen molar-refractivity contribution >= 4 is 17.3 Å². The third-order valence-corrected chi connectivity index (χ3v) is 5.69. The summed E-state index contributed by atoms with van der Waals surface area (Å²) in [6.45, 7) is 4.42. The number of nitro benzene ring substituents is 1. The number of anilines is 1. The van der Waals surface area contributed by atoms with Crippen LogP contribution < -0.4 is 19.7 Å². The van der Waals surface area contributed by atoms with Gasteiger partial charge in [-0.3, -0.25) is 14.9 Å². The van der Waals surface area contributed by atoms with Crippen LogP contribution in [0.3, 0.4) is 0 Å². The molecule has 0 radical (unpaired) electrons. The van der Waals surface area contributed by atoms with E-state index in [-0.39, 0.29) is 18.4 Å². The zero-order valence-corrected chi connectivity index (χ0v) is 16.9. The number of nitrogens with zero attached hydrogens (tertiary/aromatic N) is 2. The summed E-state index contributed by atoms with van der Waals surface area (Å²) in [7, 11) is 0. The van der Waals surface area contributed by atoms with Crippen LogP contribution in [0.2, 0.25) is 0 Å². The lowest BCUT2D eigenvalue weighted by Gasteiger charge is -2.31. The number of benzene rings is 2. The first kappa shape index (κ1) is 20.0. The van der Waals surface area contributed by atoms with Gasteiger partial charge in [-0.25, -0.2) is 0 Å². The molecule has 0 unspecified atom stereocenters. The Hall–Kier alpha value is -3.29. The normalized spacial score (nSPS) is 15.8. The molecule has 8 heteroatoms. The molecule has 1 fully saturated rings. The monoisotopic (exact) mass is 411 g/mol. The molecule has 2 aliphatic rings. The van der Waals surface area contributed by atoms with Crippen LogP contribution in [0.5, 0.6) is 11.5 Å². The van der Waals surface area contributed by atoms with Gasteiger partial charge >= 0.3 is 0 Å². The van der Waals surface area contributed by atoms with Gasteiger partial charge in [0, 0.05) is 31.3 Å². The number of hydrogen-bond acceptors (Lipinski definition) is 6. The predicted molar refractivity (Wildman–Crippen MR) is 112 cm³/mol. The van der Waals surface area contributed by atoms with Crippen LogP contribution in [0.4, 0.5) is 11.4 Å². The molecule has 2 heterocycles. The number of ether oxygens (including phenoxy) is 2. The topological polar surface area (TPSA) is 93.9 Å². The van der Waals surface area contributed by atoms with Gasteiger partial charge < -0.3 is 19.7 Å². The highest BCUT2D eigenvalue weighted by molar-refractivity contribution is 5.95. The fraction of sp³-hybridized carbons (Fsp3) is 0.409. The van der Waals surface area contributed by atoms with E-state index in [1.54, 1.807) is 12.1 Å². The van der Waals surface area contributed by atoms with E-state index < -0.39 is 4.92 Å². The zero-order valence-electron chi connectivity index (χ0n) is 16.9. The van der Waals surface area contributed by atoms with E-state index in [0.29, 0.717) is 35.9 Å². The molecule has 0 aliphatic carbocycles. The zero-order chi connectivity index (χ0) is 21.1. The Morgan fingerprint density at radius 3 is 2.70 bits per heavy atom. The molecule has 8 nitrogen and oxygen atoms in total. The van der Waals surface area contributed by atoms with Crippen molar-refractivity contribution in [1.82, 2.24) is 5.32 Å². The summed E-state index contributed by atoms with van der Waals surface area (Å²) in [6, 6.07) is 10.4. The maximum atomic E-state index is 12.5. The average Bonchev–Trinajstić information content (AvgIpc) is 3.22. The molecule has 2 aliphatic heterocycles. The third-order valence-electron chi connectivity index (χ3n) is 5.69. The lowest BCUT2D eigenvalue weighted by molar-refractivity contribution is -0.384. The minimum atomic E-state index is -0.406. The molecule has 1 N–H and O–H groups in total. The van der Waals surface area contributed by atoms with Crippen molar-refractivity contribution in [2.75, 3.05) is 31.3 Å². The molecule has 30 heavy (non-hydrogen) atoms. The second-order valence-electron chi connectivity index (χ2n) is 7.82. The molecule has 0 spiro atoms. The van der Waals surface area contributed by atoms with Gasteiger partial charge in [-0.2, -0.15) is 0 Å². The Morgan fingerprint density at radius 2 is 1.93 bits per heavy atom. The summed E-state index contributed by atoms with van der Waals surface area (Å²) in [4.78, 5) is 25.8. The molecule has 2 aromatic rings. The summed E-state index contributed by atoms with van der Waals surface area (Å²) < 4.78 is 10.7. The molecule has 1 amide bonds. The Morgan fingerprint density at radius 1 is 1.17 bits per heavy atom. The number of rotatable bonds is 6. The number of carbonyl (C=O) groups is 1. The third kappa shape index (κ3) is 4.32. The highest BCUT2D eigenvalue weighted by Gasteiger charge is 2.24. The van der Waals surface area contributed by atoms with Gasteiger partial charge in [-0.05, 0) is 55.0 Å². The fourth-order valence-electron chi connectivity index (χ4n) is 3.85. The Bertz CT molecular complexity index is 954. The molecule has 2 aromatic carbocycles. The van der Waals surface area contributed by atoms with E-state index in [9.17, 15) is 14.9 Å². The standard InChI is InChI=1S/C22H25N3O5/c1-15-7-10-24(11-8-15)18-4-3-17(13-19(18)25(27)28)22(26)23-9-6-16-2-5-20-21(12-16)30-14-29-20/h2-5,12-13,15H,6-11,14H2,1H3,(H,23,26). The second kappa shape index (κ2) is 8.61. The molecular weight excluding hydrogens is 386 g/mol. The maximum absolute atomic E-state index is 12.5. The van der Waals surface area contributed by atoms with Crippen molar-refractivity contribution in [2.24, 2.45) is 5.92 Å². The van der Waals surface area contributed by atoms with Crippen molar-refractivity contribution in [1.29, 1.82) is 0 Å². The average molecular weight is 411 g/mol. The van der Waals surface area contributed by atoms with Gasteiger partial charge in [0.05, 0.1) is 4.92 Å². The van der Waals surface area contributed by atoms with Crippen LogP contribution in [0.25, 0.3) is 0 Å². The quantitative estimate of drug-likeness (QED) is 0.577. The summed E-state index contributed by atoms with van der Waals surface area (Å²) in [5, 5.41) is 14.5. The van der Waals surface area contributed by atoms with Crippen molar-refractivity contribution in [3.63, 3.8) is 0 Å². The lowest BCUT2D eigenvalue weighted by atomic mass is 9.98. The van der Waals surface area contributed by atoms with Crippen LogP contribution >= 0.6 is 0 Å². The van der Waals surface area contributed by atoms with Gasteiger partial charge in [0.1, 0.15) is 5.69 Å². The van der Waals surface area contributed by atoms with Gasteiger partial charge in [0.25, 0.3) is 11.6 Å². The first-order valence-corrected chi connectivity index (χ1v) is 10.2. The fourth-order valence-corrected chi connectivity index (χ4v) is 3.85. The van der Waals surface area contributed by atoms with Crippen molar-refractivity contribution < 1.29 is 19.2 Å². The summed E-state index contributed by atoms with van der Waals surface area (Å²) >= 11 is 0. The first-order valence-electron chi connectivity index (χ1n) is 10.2. The van der Waals surface area contributed by atoms with Crippen molar-refractivity contribution in [3.8, 4) is 11.5 Å². The van der Waals surface area contributed by atoms with E-state index in [1.165, 1.54) is 6.07 Å². The number of nitro groups is 1. The van der Waals surface area contributed by atoms with Gasteiger partial charge in [-0.15, -0.1) is 0 Å². The van der Waals surface area contributed by atoms with Crippen LogP contribution in [0.1, 0.15) is 35.7 Å². The van der Waals surface area contributed by atoms with Gasteiger partial charge in [0.15, 0.2) is 11.5 Å². The van der Waals surface area contributed by atoms with Gasteiger partial charge in [0.2, 0.25) is 6.79 Å². The van der Waals surface area contributed by atoms with Gasteiger partial charge in [-0.1, -0.05) is 13.0 Å². The lowest BCUT2D eigenvalue weighted by Crippen LogP contribution is -2.33. The molecule has 4 rings (SSSR count). The number of nitrogens with one attached hydrogen (secondary N) is 1. The van der Waals surface area contributed by atoms with Crippen LogP contribution in [-0.2, 0) is 6.42 Å². The number of fused-ring (bicyclic) bond motifs is 1. The molecule has 0 aromatic heterocycles. The summed E-state index contributed by atoms with van der Waals surface area (Å²) in [5.74, 6) is 1.74. The summed E-state index contributed by atoms with van der Waals surface area (Å²) in [6.07, 6.45) is 2.65. The Balaban J connectivity index is 1.39. The van der Waals surface area contributed by atoms with E-state index in [2.05, 4.69) is 12.2 Å². The van der Waals surface area contributed by atoms with E-state index in [1.807, 2.05) is 23.1 Å².